The standard InChI is InChI=1S/C24H23BrN2O3S/c1-2-3-11-27-23(28)22(31-24(27)29)14-17-16-26(21-10-9-18(25)15-20(17)21)12-13-30-19-7-5-4-6-8-19/h4-10,14-16H,2-3,11-13H2,1H3/b22-14-. The zero-order valence-electron chi connectivity index (χ0n) is 17.2. The van der Waals surface area contributed by atoms with E-state index in [1.165, 1.54) is 4.90 Å². The molecule has 1 saturated heterocycles. The van der Waals surface area contributed by atoms with Gasteiger partial charge in [0.05, 0.1) is 11.4 Å². The molecule has 1 fully saturated rings. The zero-order valence-corrected chi connectivity index (χ0v) is 19.6. The van der Waals surface area contributed by atoms with Crippen LogP contribution in [0, 0.1) is 0 Å². The first kappa shape index (κ1) is 21.7. The van der Waals surface area contributed by atoms with E-state index in [4.69, 9.17) is 4.74 Å². The summed E-state index contributed by atoms with van der Waals surface area (Å²) in [5, 5.41) is 0.834. The number of imide groups is 1. The van der Waals surface area contributed by atoms with Crippen LogP contribution >= 0.6 is 27.7 Å². The first-order valence-corrected chi connectivity index (χ1v) is 11.9. The molecule has 0 atom stereocenters. The van der Waals surface area contributed by atoms with Crippen molar-refractivity contribution >= 4 is 55.8 Å². The Morgan fingerprint density at radius 1 is 1.10 bits per heavy atom. The molecule has 7 heteroatoms. The lowest BCUT2D eigenvalue weighted by Crippen LogP contribution is -2.29. The number of ether oxygens (including phenoxy) is 1. The van der Waals surface area contributed by atoms with E-state index in [1.807, 2.05) is 67.7 Å². The van der Waals surface area contributed by atoms with Crippen LogP contribution in [0.25, 0.3) is 17.0 Å². The number of aromatic nitrogens is 1. The van der Waals surface area contributed by atoms with Crippen LogP contribution in [0.4, 0.5) is 4.79 Å². The van der Waals surface area contributed by atoms with Gasteiger partial charge >= 0.3 is 0 Å². The van der Waals surface area contributed by atoms with E-state index >= 15 is 0 Å². The number of benzene rings is 2. The summed E-state index contributed by atoms with van der Waals surface area (Å²) < 4.78 is 8.94. The van der Waals surface area contributed by atoms with Crippen LogP contribution in [-0.4, -0.2) is 33.8 Å². The second-order valence-electron chi connectivity index (χ2n) is 7.29. The first-order chi connectivity index (χ1) is 15.1. The number of halogens is 1. The van der Waals surface area contributed by atoms with Crippen molar-refractivity contribution in [1.82, 2.24) is 9.47 Å². The normalized spacial score (nSPS) is 15.4. The second kappa shape index (κ2) is 9.75. The van der Waals surface area contributed by atoms with E-state index in [2.05, 4.69) is 20.5 Å². The Balaban J connectivity index is 1.59. The molecule has 0 aliphatic carbocycles. The summed E-state index contributed by atoms with van der Waals surface area (Å²) in [6.07, 6.45) is 5.61. The third-order valence-electron chi connectivity index (χ3n) is 5.11. The van der Waals surface area contributed by atoms with Crippen LogP contribution in [0.1, 0.15) is 25.3 Å². The predicted octanol–water partition coefficient (Wildman–Crippen LogP) is 6.32. The molecular formula is C24H23BrN2O3S. The van der Waals surface area contributed by atoms with Crippen LogP contribution in [0.3, 0.4) is 0 Å². The SMILES string of the molecule is CCCCN1C(=O)S/C(=C\c2cn(CCOc3ccccc3)c3ccc(Br)cc23)C1=O. The lowest BCUT2D eigenvalue weighted by atomic mass is 10.1. The Hall–Kier alpha value is -2.51. The summed E-state index contributed by atoms with van der Waals surface area (Å²) in [5.74, 6) is 0.634. The molecule has 2 amide bonds. The molecular weight excluding hydrogens is 476 g/mol. The van der Waals surface area contributed by atoms with E-state index in [0.717, 1.165) is 51.3 Å². The van der Waals surface area contributed by atoms with Gasteiger partial charge in [-0.05, 0) is 54.6 Å². The molecule has 0 bridgehead atoms. The number of unbranched alkanes of at least 4 members (excludes halogenated alkanes) is 1. The Bertz CT molecular complexity index is 1140. The highest BCUT2D eigenvalue weighted by molar-refractivity contribution is 9.10. The number of carbonyl (C=O) groups excluding carboxylic acids is 2. The van der Waals surface area contributed by atoms with Gasteiger partial charge in [0.25, 0.3) is 11.1 Å². The van der Waals surface area contributed by atoms with Crippen molar-refractivity contribution in [3.63, 3.8) is 0 Å². The highest BCUT2D eigenvalue weighted by atomic mass is 79.9. The third kappa shape index (κ3) is 4.88. The number of thioether (sulfide) groups is 1. The molecule has 4 rings (SSSR count). The van der Waals surface area contributed by atoms with Crippen molar-refractivity contribution in [2.24, 2.45) is 0 Å². The molecule has 0 radical (unpaired) electrons. The van der Waals surface area contributed by atoms with Gasteiger partial charge in [-0.2, -0.15) is 0 Å². The molecule has 1 aliphatic heterocycles. The lowest BCUT2D eigenvalue weighted by Gasteiger charge is -2.10. The topological polar surface area (TPSA) is 51.5 Å². The molecule has 0 saturated carbocycles. The van der Waals surface area contributed by atoms with Crippen LogP contribution < -0.4 is 4.74 Å². The van der Waals surface area contributed by atoms with Gasteiger partial charge in [-0.25, -0.2) is 0 Å². The molecule has 0 unspecified atom stereocenters. The largest absolute Gasteiger partial charge is 0.492 e. The summed E-state index contributed by atoms with van der Waals surface area (Å²) in [5.41, 5.74) is 1.97. The molecule has 0 N–H and O–H groups in total. The van der Waals surface area contributed by atoms with Gasteiger partial charge in [-0.1, -0.05) is 47.5 Å². The Kier molecular flexibility index (Phi) is 6.83. The first-order valence-electron chi connectivity index (χ1n) is 10.3. The maximum atomic E-state index is 12.7. The van der Waals surface area contributed by atoms with Gasteiger partial charge in [-0.3, -0.25) is 14.5 Å². The fourth-order valence-electron chi connectivity index (χ4n) is 3.53. The minimum Gasteiger partial charge on any atom is -0.492 e. The van der Waals surface area contributed by atoms with Crippen molar-refractivity contribution < 1.29 is 14.3 Å². The van der Waals surface area contributed by atoms with Gasteiger partial charge in [-0.15, -0.1) is 0 Å². The van der Waals surface area contributed by atoms with Gasteiger partial charge in [0.2, 0.25) is 0 Å². The number of hydrogen-bond acceptors (Lipinski definition) is 4. The summed E-state index contributed by atoms with van der Waals surface area (Å²) in [7, 11) is 0. The Morgan fingerprint density at radius 3 is 2.68 bits per heavy atom. The van der Waals surface area contributed by atoms with E-state index in [0.29, 0.717) is 24.6 Å². The lowest BCUT2D eigenvalue weighted by molar-refractivity contribution is -0.122. The zero-order chi connectivity index (χ0) is 21.8. The van der Waals surface area contributed by atoms with E-state index in [9.17, 15) is 9.59 Å². The van der Waals surface area contributed by atoms with Crippen molar-refractivity contribution in [2.75, 3.05) is 13.2 Å². The fourth-order valence-corrected chi connectivity index (χ4v) is 4.74. The van der Waals surface area contributed by atoms with Gasteiger partial charge in [0.1, 0.15) is 12.4 Å². The van der Waals surface area contributed by atoms with Crippen LogP contribution in [0.5, 0.6) is 5.75 Å². The average Bonchev–Trinajstić information content (AvgIpc) is 3.23. The molecule has 2 aromatic carbocycles. The van der Waals surface area contributed by atoms with Gasteiger partial charge < -0.3 is 9.30 Å². The fraction of sp³-hybridized carbons (Fsp3) is 0.250. The van der Waals surface area contributed by atoms with Crippen molar-refractivity contribution in [3.8, 4) is 5.75 Å². The molecule has 0 spiro atoms. The summed E-state index contributed by atoms with van der Waals surface area (Å²) in [4.78, 5) is 26.9. The van der Waals surface area contributed by atoms with E-state index in [-0.39, 0.29) is 11.1 Å². The number of para-hydroxylation sites is 1. The summed E-state index contributed by atoms with van der Waals surface area (Å²) in [6, 6.07) is 15.8. The molecule has 1 aromatic heterocycles. The Labute approximate surface area is 194 Å². The molecule has 31 heavy (non-hydrogen) atoms. The highest BCUT2D eigenvalue weighted by Gasteiger charge is 2.34. The van der Waals surface area contributed by atoms with Crippen molar-refractivity contribution in [3.05, 3.63) is 69.7 Å². The number of carbonyl (C=O) groups is 2. The van der Waals surface area contributed by atoms with Crippen molar-refractivity contribution in [1.29, 1.82) is 0 Å². The average molecular weight is 499 g/mol. The van der Waals surface area contributed by atoms with Crippen LogP contribution in [-0.2, 0) is 11.3 Å². The highest BCUT2D eigenvalue weighted by Crippen LogP contribution is 2.35. The minimum absolute atomic E-state index is 0.189. The monoisotopic (exact) mass is 498 g/mol. The maximum Gasteiger partial charge on any atom is 0.293 e. The number of nitrogens with zero attached hydrogens (tertiary/aromatic N) is 2. The van der Waals surface area contributed by atoms with Crippen LogP contribution in [0.2, 0.25) is 0 Å². The Morgan fingerprint density at radius 2 is 1.90 bits per heavy atom. The molecule has 5 nitrogen and oxygen atoms in total. The number of rotatable bonds is 8. The molecule has 1 aliphatic rings. The second-order valence-corrected chi connectivity index (χ2v) is 9.20. The molecule has 3 aromatic rings. The molecule has 2 heterocycles. The van der Waals surface area contributed by atoms with Crippen molar-refractivity contribution in [2.45, 2.75) is 26.3 Å². The third-order valence-corrected chi connectivity index (χ3v) is 6.51. The quantitative estimate of drug-likeness (QED) is 0.341. The number of fused-ring (bicyclic) bond motifs is 1. The summed E-state index contributed by atoms with van der Waals surface area (Å²) in [6.45, 7) is 3.71. The van der Waals surface area contributed by atoms with Gasteiger partial charge in [0, 0.05) is 33.7 Å². The smallest absolute Gasteiger partial charge is 0.293 e. The van der Waals surface area contributed by atoms with E-state index in [1.54, 1.807) is 0 Å². The number of hydrogen-bond donors (Lipinski definition) is 0. The summed E-state index contributed by atoms with van der Waals surface area (Å²) >= 11 is 4.56. The molecule has 160 valence electrons. The van der Waals surface area contributed by atoms with Gasteiger partial charge in [0.15, 0.2) is 0 Å². The van der Waals surface area contributed by atoms with E-state index < -0.39 is 0 Å². The predicted molar refractivity (Wildman–Crippen MR) is 129 cm³/mol. The minimum atomic E-state index is -0.202. The van der Waals surface area contributed by atoms with Crippen LogP contribution in [0.15, 0.2) is 64.1 Å². The number of amides is 2. The maximum absolute atomic E-state index is 12.7.